The molecule has 0 unspecified atom stereocenters. The second kappa shape index (κ2) is 4.17. The first-order chi connectivity index (χ1) is 9.06. The van der Waals surface area contributed by atoms with Crippen molar-refractivity contribution in [1.82, 2.24) is 10.2 Å². The molecule has 3 rings (SSSR count). The molecule has 19 heavy (non-hydrogen) atoms. The number of anilines is 1. The molecule has 1 aliphatic heterocycles. The van der Waals surface area contributed by atoms with E-state index in [4.69, 9.17) is 16.0 Å². The van der Waals surface area contributed by atoms with Crippen LogP contribution in [-0.2, 0) is 11.3 Å². The lowest BCUT2D eigenvalue weighted by molar-refractivity contribution is -0.114. The number of hydrogen-bond donors (Lipinski definition) is 0. The zero-order valence-corrected chi connectivity index (χ0v) is 10.6. The largest absolute Gasteiger partial charge is 0.424 e. The van der Waals surface area contributed by atoms with E-state index in [1.165, 1.54) is 11.0 Å². The van der Waals surface area contributed by atoms with Gasteiger partial charge in [0.1, 0.15) is 6.54 Å². The van der Waals surface area contributed by atoms with E-state index in [2.05, 4.69) is 10.2 Å². The highest BCUT2D eigenvalue weighted by molar-refractivity contribution is 6.52. The Hall–Kier alpha value is -2.21. The highest BCUT2D eigenvalue weighted by atomic mass is 35.5. The number of ketones is 1. The lowest BCUT2D eigenvalue weighted by Crippen LogP contribution is -2.29. The predicted octanol–water partition coefficient (Wildman–Crippen LogP) is 1.76. The van der Waals surface area contributed by atoms with Gasteiger partial charge in [-0.15, -0.1) is 10.2 Å². The molecule has 0 saturated carbocycles. The van der Waals surface area contributed by atoms with Gasteiger partial charge in [-0.25, -0.2) is 0 Å². The average Bonchev–Trinajstić information content (AvgIpc) is 2.88. The highest BCUT2D eigenvalue weighted by Crippen LogP contribution is 2.32. The number of aromatic nitrogens is 2. The number of Topliss-reactive ketones (excluding diaryl/α,β-unsaturated/α-hetero) is 1. The smallest absolute Gasteiger partial charge is 0.299 e. The molecule has 0 N–H and O–H groups in total. The minimum absolute atomic E-state index is 0.0695. The van der Waals surface area contributed by atoms with Crippen LogP contribution >= 0.6 is 11.6 Å². The summed E-state index contributed by atoms with van der Waals surface area (Å²) in [7, 11) is 0. The fourth-order valence-electron chi connectivity index (χ4n) is 1.97. The van der Waals surface area contributed by atoms with Crippen LogP contribution in [0.3, 0.4) is 0 Å². The Morgan fingerprint density at radius 3 is 2.79 bits per heavy atom. The van der Waals surface area contributed by atoms with Crippen LogP contribution in [0.4, 0.5) is 5.69 Å². The van der Waals surface area contributed by atoms with E-state index in [9.17, 15) is 9.59 Å². The lowest BCUT2D eigenvalue weighted by atomic mass is 10.1. The van der Waals surface area contributed by atoms with Crippen LogP contribution in [0.25, 0.3) is 0 Å². The van der Waals surface area contributed by atoms with Crippen molar-refractivity contribution in [1.29, 1.82) is 0 Å². The Morgan fingerprint density at radius 1 is 1.32 bits per heavy atom. The van der Waals surface area contributed by atoms with Gasteiger partial charge >= 0.3 is 0 Å². The lowest BCUT2D eigenvalue weighted by Gasteiger charge is -2.13. The van der Waals surface area contributed by atoms with Crippen molar-refractivity contribution in [2.45, 2.75) is 13.5 Å². The van der Waals surface area contributed by atoms with Gasteiger partial charge in [0, 0.05) is 11.9 Å². The first kappa shape index (κ1) is 11.9. The van der Waals surface area contributed by atoms with E-state index in [1.807, 2.05) is 0 Å². The van der Waals surface area contributed by atoms with E-state index < -0.39 is 11.7 Å². The summed E-state index contributed by atoms with van der Waals surface area (Å²) in [5, 5.41) is 7.91. The molecular weight excluding hydrogens is 270 g/mol. The second-order valence-electron chi connectivity index (χ2n) is 4.10. The van der Waals surface area contributed by atoms with Crippen LogP contribution in [0.1, 0.15) is 22.1 Å². The van der Waals surface area contributed by atoms with Crippen molar-refractivity contribution in [3.05, 3.63) is 40.6 Å². The van der Waals surface area contributed by atoms with Crippen LogP contribution in [0.2, 0.25) is 5.02 Å². The molecular formula is C12H8ClN3O3. The van der Waals surface area contributed by atoms with Gasteiger partial charge in [0.05, 0.1) is 11.3 Å². The molecule has 96 valence electrons. The molecule has 0 spiro atoms. The Bertz CT molecular complexity index is 695. The van der Waals surface area contributed by atoms with E-state index in [0.717, 1.165) is 0 Å². The number of carbonyl (C=O) groups is 2. The number of nitrogens with zero attached hydrogens (tertiary/aromatic N) is 3. The SMILES string of the molecule is Cc1nnc(CN2C(=O)C(=O)c3cc(Cl)ccc32)o1. The van der Waals surface area contributed by atoms with Gasteiger partial charge in [-0.3, -0.25) is 14.5 Å². The quantitative estimate of drug-likeness (QED) is 0.782. The van der Waals surface area contributed by atoms with Gasteiger partial charge in [0.25, 0.3) is 11.7 Å². The first-order valence-electron chi connectivity index (χ1n) is 5.51. The van der Waals surface area contributed by atoms with Crippen LogP contribution in [0, 0.1) is 6.92 Å². The summed E-state index contributed by atoms with van der Waals surface area (Å²) in [6.07, 6.45) is 0. The fraction of sp³-hybridized carbons (Fsp3) is 0.167. The molecule has 0 radical (unpaired) electrons. The van der Waals surface area contributed by atoms with Crippen LogP contribution < -0.4 is 4.90 Å². The van der Waals surface area contributed by atoms with Crippen molar-refractivity contribution in [3.8, 4) is 0 Å². The van der Waals surface area contributed by atoms with Crippen molar-refractivity contribution >= 4 is 29.0 Å². The molecule has 1 aliphatic rings. The van der Waals surface area contributed by atoms with Gasteiger partial charge in [-0.1, -0.05) is 11.6 Å². The molecule has 0 atom stereocenters. The Kier molecular flexibility index (Phi) is 2.60. The van der Waals surface area contributed by atoms with Crippen LogP contribution in [0.5, 0.6) is 0 Å². The number of benzene rings is 1. The van der Waals surface area contributed by atoms with E-state index in [1.54, 1.807) is 19.1 Å². The highest BCUT2D eigenvalue weighted by Gasteiger charge is 2.36. The number of aryl methyl sites for hydroxylation is 1. The van der Waals surface area contributed by atoms with Crippen LogP contribution in [0.15, 0.2) is 22.6 Å². The fourth-order valence-corrected chi connectivity index (χ4v) is 2.14. The van der Waals surface area contributed by atoms with Gasteiger partial charge in [-0.2, -0.15) is 0 Å². The third-order valence-electron chi connectivity index (χ3n) is 2.79. The summed E-state index contributed by atoms with van der Waals surface area (Å²) >= 11 is 5.82. The minimum atomic E-state index is -0.617. The van der Waals surface area contributed by atoms with Crippen molar-refractivity contribution in [3.63, 3.8) is 0 Å². The van der Waals surface area contributed by atoms with Crippen molar-refractivity contribution < 1.29 is 14.0 Å². The minimum Gasteiger partial charge on any atom is -0.424 e. The monoisotopic (exact) mass is 277 g/mol. The van der Waals surface area contributed by atoms with E-state index in [-0.39, 0.29) is 12.4 Å². The van der Waals surface area contributed by atoms with Gasteiger partial charge < -0.3 is 4.42 Å². The number of carbonyl (C=O) groups excluding carboxylic acids is 2. The zero-order chi connectivity index (χ0) is 13.6. The van der Waals surface area contributed by atoms with Crippen molar-refractivity contribution in [2.24, 2.45) is 0 Å². The number of fused-ring (bicyclic) bond motifs is 1. The molecule has 1 amide bonds. The van der Waals surface area contributed by atoms with Gasteiger partial charge in [-0.05, 0) is 18.2 Å². The number of halogens is 1. The summed E-state index contributed by atoms with van der Waals surface area (Å²) in [5.41, 5.74) is 0.809. The summed E-state index contributed by atoms with van der Waals surface area (Å²) in [4.78, 5) is 25.1. The average molecular weight is 278 g/mol. The molecule has 0 bridgehead atoms. The van der Waals surface area contributed by atoms with Crippen LogP contribution in [-0.4, -0.2) is 21.9 Å². The third-order valence-corrected chi connectivity index (χ3v) is 3.03. The maximum Gasteiger partial charge on any atom is 0.299 e. The maximum absolute atomic E-state index is 11.9. The first-order valence-corrected chi connectivity index (χ1v) is 5.89. The molecule has 1 aromatic heterocycles. The molecule has 0 aliphatic carbocycles. The maximum atomic E-state index is 11.9. The summed E-state index contributed by atoms with van der Waals surface area (Å²) in [6, 6.07) is 4.73. The van der Waals surface area contributed by atoms with E-state index >= 15 is 0 Å². The molecule has 0 fully saturated rings. The number of rotatable bonds is 2. The second-order valence-corrected chi connectivity index (χ2v) is 4.53. The van der Waals surface area contributed by atoms with Crippen molar-refractivity contribution in [2.75, 3.05) is 4.90 Å². The number of hydrogen-bond acceptors (Lipinski definition) is 5. The Balaban J connectivity index is 1.99. The molecule has 2 heterocycles. The Morgan fingerprint density at radius 2 is 2.11 bits per heavy atom. The number of amides is 1. The van der Waals surface area contributed by atoms with Gasteiger partial charge in [0.15, 0.2) is 0 Å². The normalized spacial score (nSPS) is 14.1. The van der Waals surface area contributed by atoms with E-state index in [0.29, 0.717) is 22.2 Å². The van der Waals surface area contributed by atoms with Gasteiger partial charge in [0.2, 0.25) is 11.8 Å². The predicted molar refractivity (Wildman–Crippen MR) is 66.0 cm³/mol. The standard InChI is InChI=1S/C12H8ClN3O3/c1-6-14-15-10(19-6)5-16-9-3-2-7(13)4-8(9)11(17)12(16)18/h2-4H,5H2,1H3. The molecule has 2 aromatic rings. The Labute approximate surface area is 113 Å². The molecule has 1 aromatic carbocycles. The molecule has 0 saturated heterocycles. The third kappa shape index (κ3) is 1.90. The summed E-state index contributed by atoms with van der Waals surface area (Å²) in [5.74, 6) is -0.507. The molecule has 7 heteroatoms. The summed E-state index contributed by atoms with van der Waals surface area (Å²) in [6.45, 7) is 1.72. The topological polar surface area (TPSA) is 76.3 Å². The molecule has 6 nitrogen and oxygen atoms in total. The summed E-state index contributed by atoms with van der Waals surface area (Å²) < 4.78 is 5.21. The zero-order valence-electron chi connectivity index (χ0n) is 9.88.